The van der Waals surface area contributed by atoms with Gasteiger partial charge in [-0.3, -0.25) is 0 Å². The summed E-state index contributed by atoms with van der Waals surface area (Å²) in [5.74, 6) is 2.26. The van der Waals surface area contributed by atoms with Gasteiger partial charge in [-0.15, -0.1) is 0 Å². The molecule has 3 saturated carbocycles. The molecule has 6 unspecified atom stereocenters. The third-order valence-corrected chi connectivity index (χ3v) is 8.06. The lowest BCUT2D eigenvalue weighted by Gasteiger charge is -2.57. The molecule has 4 rings (SSSR count). The van der Waals surface area contributed by atoms with Crippen molar-refractivity contribution >= 4 is 5.71 Å². The van der Waals surface area contributed by atoms with Gasteiger partial charge < -0.3 is 10.3 Å². The standard InChI is InChI=1S/C19H29NO2/c1-18-9-7-13(20-22)11-12(18)3-4-14-15-5-6-17(21)19(15,2)10-8-16(14)18/h11,14-17,21-22H,3-10H2,1-2H3. The first-order valence-electron chi connectivity index (χ1n) is 9.09. The molecule has 3 nitrogen and oxygen atoms in total. The van der Waals surface area contributed by atoms with Crippen LogP contribution in [-0.2, 0) is 0 Å². The Labute approximate surface area is 133 Å². The van der Waals surface area contributed by atoms with E-state index in [1.807, 2.05) is 0 Å². The van der Waals surface area contributed by atoms with Crippen molar-refractivity contribution in [3.05, 3.63) is 11.6 Å². The number of hydrogen-bond donors (Lipinski definition) is 2. The number of fused-ring (bicyclic) bond motifs is 5. The largest absolute Gasteiger partial charge is 0.411 e. The first-order chi connectivity index (χ1) is 10.5. The van der Waals surface area contributed by atoms with Crippen molar-refractivity contribution in [1.82, 2.24) is 0 Å². The highest BCUT2D eigenvalue weighted by Crippen LogP contribution is 2.65. The van der Waals surface area contributed by atoms with E-state index in [0.717, 1.165) is 43.2 Å². The van der Waals surface area contributed by atoms with Crippen molar-refractivity contribution in [2.24, 2.45) is 33.7 Å². The maximum absolute atomic E-state index is 10.5. The van der Waals surface area contributed by atoms with Gasteiger partial charge in [0, 0.05) is 0 Å². The zero-order chi connectivity index (χ0) is 15.5. The molecule has 0 saturated heterocycles. The van der Waals surface area contributed by atoms with Crippen LogP contribution in [0.4, 0.5) is 0 Å². The Kier molecular flexibility index (Phi) is 3.24. The minimum atomic E-state index is -0.0809. The summed E-state index contributed by atoms with van der Waals surface area (Å²) in [6.45, 7) is 4.80. The zero-order valence-corrected chi connectivity index (χ0v) is 13.9. The summed E-state index contributed by atoms with van der Waals surface area (Å²) in [6, 6.07) is 0. The third kappa shape index (κ3) is 1.81. The molecule has 4 aliphatic rings. The van der Waals surface area contributed by atoms with Gasteiger partial charge in [0.15, 0.2) is 0 Å². The highest BCUT2D eigenvalue weighted by Gasteiger charge is 2.58. The number of aliphatic hydroxyl groups excluding tert-OH is 1. The molecule has 0 bridgehead atoms. The van der Waals surface area contributed by atoms with Gasteiger partial charge in [0.25, 0.3) is 0 Å². The van der Waals surface area contributed by atoms with Crippen molar-refractivity contribution in [1.29, 1.82) is 0 Å². The van der Waals surface area contributed by atoms with E-state index in [1.54, 1.807) is 0 Å². The zero-order valence-electron chi connectivity index (χ0n) is 13.9. The fourth-order valence-corrected chi connectivity index (χ4v) is 6.62. The van der Waals surface area contributed by atoms with Gasteiger partial charge in [0.05, 0.1) is 11.8 Å². The molecule has 0 aromatic heterocycles. The van der Waals surface area contributed by atoms with E-state index < -0.39 is 0 Å². The van der Waals surface area contributed by atoms with Crippen molar-refractivity contribution in [2.45, 2.75) is 71.3 Å². The van der Waals surface area contributed by atoms with Crippen LogP contribution in [0.2, 0.25) is 0 Å². The summed E-state index contributed by atoms with van der Waals surface area (Å²) < 4.78 is 0. The Morgan fingerprint density at radius 2 is 1.86 bits per heavy atom. The van der Waals surface area contributed by atoms with Gasteiger partial charge in [-0.1, -0.05) is 24.6 Å². The van der Waals surface area contributed by atoms with Crippen molar-refractivity contribution < 1.29 is 10.3 Å². The Balaban J connectivity index is 1.68. The molecule has 0 aliphatic heterocycles. The summed E-state index contributed by atoms with van der Waals surface area (Å²) in [5.41, 5.74) is 2.86. The second-order valence-electron chi connectivity index (χ2n) is 8.73. The average Bonchev–Trinajstić information content (AvgIpc) is 2.82. The lowest BCUT2D eigenvalue weighted by Crippen LogP contribution is -2.51. The number of oxime groups is 1. The number of allylic oxidation sites excluding steroid dienone is 2. The predicted octanol–water partition coefficient (Wildman–Crippen LogP) is 4.14. The van der Waals surface area contributed by atoms with E-state index in [1.165, 1.54) is 31.3 Å². The van der Waals surface area contributed by atoms with Crippen LogP contribution in [0.3, 0.4) is 0 Å². The Morgan fingerprint density at radius 1 is 1.05 bits per heavy atom. The summed E-state index contributed by atoms with van der Waals surface area (Å²) in [7, 11) is 0. The van der Waals surface area contributed by atoms with Gasteiger partial charge in [0.2, 0.25) is 0 Å². The molecule has 4 aliphatic carbocycles. The summed E-state index contributed by atoms with van der Waals surface area (Å²) in [6.07, 6.45) is 11.2. The fraction of sp³-hybridized carbons (Fsp3) is 0.842. The van der Waals surface area contributed by atoms with Gasteiger partial charge in [-0.05, 0) is 86.0 Å². The minimum Gasteiger partial charge on any atom is -0.411 e. The fourth-order valence-electron chi connectivity index (χ4n) is 6.62. The Morgan fingerprint density at radius 3 is 2.64 bits per heavy atom. The number of rotatable bonds is 0. The molecule has 6 atom stereocenters. The Bertz CT molecular complexity index is 540. The number of nitrogens with zero attached hydrogens (tertiary/aromatic N) is 1. The van der Waals surface area contributed by atoms with E-state index in [2.05, 4.69) is 25.1 Å². The molecule has 2 N–H and O–H groups in total. The van der Waals surface area contributed by atoms with Crippen molar-refractivity contribution in [3.63, 3.8) is 0 Å². The van der Waals surface area contributed by atoms with Gasteiger partial charge in [-0.25, -0.2) is 0 Å². The summed E-state index contributed by atoms with van der Waals surface area (Å²) in [5, 5.41) is 23.0. The lowest BCUT2D eigenvalue weighted by molar-refractivity contribution is -0.0722. The molecule has 122 valence electrons. The van der Waals surface area contributed by atoms with Crippen LogP contribution in [0, 0.1) is 28.6 Å². The molecule has 3 fully saturated rings. The maximum Gasteiger partial charge on any atom is 0.0795 e. The normalized spacial score (nSPS) is 52.7. The van der Waals surface area contributed by atoms with Crippen molar-refractivity contribution in [3.8, 4) is 0 Å². The van der Waals surface area contributed by atoms with E-state index in [-0.39, 0.29) is 11.5 Å². The molecule has 0 heterocycles. The molecular formula is C19H29NO2. The molecule has 0 amide bonds. The van der Waals surface area contributed by atoms with Gasteiger partial charge in [0.1, 0.15) is 0 Å². The summed E-state index contributed by atoms with van der Waals surface area (Å²) in [4.78, 5) is 0. The first-order valence-corrected chi connectivity index (χ1v) is 9.09. The second kappa shape index (κ2) is 4.83. The quantitative estimate of drug-likeness (QED) is 0.522. The van der Waals surface area contributed by atoms with E-state index in [4.69, 9.17) is 5.21 Å². The summed E-state index contributed by atoms with van der Waals surface area (Å²) >= 11 is 0. The molecule has 22 heavy (non-hydrogen) atoms. The van der Waals surface area contributed by atoms with Crippen LogP contribution in [0.15, 0.2) is 16.8 Å². The number of hydrogen-bond acceptors (Lipinski definition) is 3. The van der Waals surface area contributed by atoms with Gasteiger partial charge >= 0.3 is 0 Å². The van der Waals surface area contributed by atoms with Crippen LogP contribution in [-0.4, -0.2) is 22.1 Å². The lowest BCUT2D eigenvalue weighted by atomic mass is 9.47. The van der Waals surface area contributed by atoms with Crippen molar-refractivity contribution in [2.75, 3.05) is 0 Å². The molecule has 0 aromatic carbocycles. The van der Waals surface area contributed by atoms with Crippen LogP contribution in [0.25, 0.3) is 0 Å². The number of aliphatic hydroxyl groups is 1. The smallest absolute Gasteiger partial charge is 0.0795 e. The SMILES string of the molecule is CC12CCC(=NO)C=C1CCC1C2CCC2(C)C(O)CCC12. The first kappa shape index (κ1) is 14.7. The molecule has 0 spiro atoms. The molecule has 0 radical (unpaired) electrons. The molecular weight excluding hydrogens is 274 g/mol. The van der Waals surface area contributed by atoms with E-state index in [0.29, 0.717) is 11.3 Å². The van der Waals surface area contributed by atoms with E-state index in [9.17, 15) is 5.11 Å². The second-order valence-corrected chi connectivity index (χ2v) is 8.73. The van der Waals surface area contributed by atoms with E-state index >= 15 is 0 Å². The topological polar surface area (TPSA) is 52.8 Å². The van der Waals surface area contributed by atoms with Crippen LogP contribution < -0.4 is 0 Å². The molecule has 0 aromatic rings. The maximum atomic E-state index is 10.5. The molecule has 3 heteroatoms. The van der Waals surface area contributed by atoms with Crippen LogP contribution in [0.1, 0.15) is 65.2 Å². The minimum absolute atomic E-state index is 0.0809. The average molecular weight is 303 g/mol. The van der Waals surface area contributed by atoms with Crippen LogP contribution >= 0.6 is 0 Å². The Hall–Kier alpha value is -0.830. The monoisotopic (exact) mass is 303 g/mol. The van der Waals surface area contributed by atoms with Gasteiger partial charge in [-0.2, -0.15) is 0 Å². The van der Waals surface area contributed by atoms with Crippen LogP contribution in [0.5, 0.6) is 0 Å². The predicted molar refractivity (Wildman–Crippen MR) is 86.9 cm³/mol. The highest BCUT2D eigenvalue weighted by atomic mass is 16.4. The third-order valence-electron chi connectivity index (χ3n) is 8.06. The highest BCUT2D eigenvalue weighted by molar-refractivity contribution is 5.96.